The van der Waals surface area contributed by atoms with Crippen LogP contribution in [0.15, 0.2) is 33.5 Å². The van der Waals surface area contributed by atoms with Crippen molar-refractivity contribution in [2.24, 2.45) is 5.92 Å². The van der Waals surface area contributed by atoms with Gasteiger partial charge in [-0.25, -0.2) is 4.79 Å². The maximum absolute atomic E-state index is 12.2. The third-order valence-corrected chi connectivity index (χ3v) is 4.22. The molecule has 0 aliphatic carbocycles. The van der Waals surface area contributed by atoms with Gasteiger partial charge in [-0.1, -0.05) is 26.0 Å². The number of hydrogen-bond donors (Lipinski definition) is 1. The highest BCUT2D eigenvalue weighted by Gasteiger charge is 2.45. The summed E-state index contributed by atoms with van der Waals surface area (Å²) in [6.45, 7) is 4.41. The van der Waals surface area contributed by atoms with Gasteiger partial charge >= 0.3 is 5.76 Å². The molecule has 1 N–H and O–H groups in total. The number of amides is 1. The van der Waals surface area contributed by atoms with Crippen molar-refractivity contribution in [2.75, 3.05) is 13.1 Å². The summed E-state index contributed by atoms with van der Waals surface area (Å²) in [7, 11) is 0. The highest BCUT2D eigenvalue weighted by molar-refractivity contribution is 5.80. The van der Waals surface area contributed by atoms with Crippen LogP contribution in [0.1, 0.15) is 13.8 Å². The molecule has 3 rings (SSSR count). The van der Waals surface area contributed by atoms with Crippen LogP contribution in [0.5, 0.6) is 0 Å². The van der Waals surface area contributed by atoms with Crippen molar-refractivity contribution in [2.45, 2.75) is 26.0 Å². The first kappa shape index (κ1) is 13.9. The van der Waals surface area contributed by atoms with Gasteiger partial charge < -0.3 is 14.4 Å². The highest BCUT2D eigenvalue weighted by atomic mass is 16.4. The van der Waals surface area contributed by atoms with Crippen molar-refractivity contribution < 1.29 is 14.3 Å². The molecule has 0 unspecified atom stereocenters. The smallest absolute Gasteiger partial charge is 0.408 e. The Kier molecular flexibility index (Phi) is 3.13. The zero-order valence-electron chi connectivity index (χ0n) is 12.1. The summed E-state index contributed by atoms with van der Waals surface area (Å²) < 4.78 is 6.42. The molecule has 21 heavy (non-hydrogen) atoms. The number of β-amino-alcohol motifs (C(OH)–C–C–N with tert-alkyl or cyclic N) is 1. The fraction of sp³-hybridized carbons (Fsp3) is 0.467. The number of hydrogen-bond acceptors (Lipinski definition) is 4. The Morgan fingerprint density at radius 1 is 1.38 bits per heavy atom. The summed E-state index contributed by atoms with van der Waals surface area (Å²) in [6.07, 6.45) is 0. The van der Waals surface area contributed by atoms with Crippen LogP contribution in [-0.2, 0) is 11.3 Å². The van der Waals surface area contributed by atoms with Crippen LogP contribution in [0.2, 0.25) is 0 Å². The Labute approximate surface area is 121 Å². The number of rotatable bonds is 3. The summed E-state index contributed by atoms with van der Waals surface area (Å²) in [5, 5.41) is 10.2. The molecule has 1 aliphatic rings. The minimum atomic E-state index is -0.806. The molecule has 6 heteroatoms. The van der Waals surface area contributed by atoms with Gasteiger partial charge in [0.05, 0.1) is 18.6 Å². The van der Waals surface area contributed by atoms with E-state index in [0.717, 1.165) is 0 Å². The first-order valence-corrected chi connectivity index (χ1v) is 6.99. The van der Waals surface area contributed by atoms with Crippen LogP contribution in [0.4, 0.5) is 0 Å². The monoisotopic (exact) mass is 290 g/mol. The van der Waals surface area contributed by atoms with Gasteiger partial charge in [0.1, 0.15) is 12.1 Å². The van der Waals surface area contributed by atoms with Crippen LogP contribution < -0.4 is 5.76 Å². The van der Waals surface area contributed by atoms with Crippen LogP contribution in [0.3, 0.4) is 0 Å². The number of carbonyl (C=O) groups excluding carboxylic acids is 1. The summed E-state index contributed by atoms with van der Waals surface area (Å²) in [4.78, 5) is 25.6. The highest BCUT2D eigenvalue weighted by Crippen LogP contribution is 2.28. The second kappa shape index (κ2) is 4.73. The van der Waals surface area contributed by atoms with Crippen molar-refractivity contribution >= 4 is 17.0 Å². The maximum Gasteiger partial charge on any atom is 0.420 e. The number of oxazole rings is 1. The largest absolute Gasteiger partial charge is 0.420 e. The molecule has 1 saturated heterocycles. The molecule has 6 nitrogen and oxygen atoms in total. The molecule has 1 aliphatic heterocycles. The molecule has 0 bridgehead atoms. The average Bonchev–Trinajstić information content (AvgIpc) is 2.71. The second-order valence-corrected chi connectivity index (χ2v) is 5.93. The van der Waals surface area contributed by atoms with E-state index in [2.05, 4.69) is 0 Å². The molecule has 2 heterocycles. The first-order chi connectivity index (χ1) is 9.90. The predicted molar refractivity (Wildman–Crippen MR) is 76.8 cm³/mol. The molecular formula is C15H18N2O4. The van der Waals surface area contributed by atoms with E-state index in [1.54, 1.807) is 29.2 Å². The van der Waals surface area contributed by atoms with Gasteiger partial charge in [0, 0.05) is 0 Å². The van der Waals surface area contributed by atoms with Gasteiger partial charge in [0.2, 0.25) is 5.91 Å². The minimum Gasteiger partial charge on any atom is -0.408 e. The van der Waals surface area contributed by atoms with Gasteiger partial charge in [-0.2, -0.15) is 0 Å². The summed E-state index contributed by atoms with van der Waals surface area (Å²) in [6, 6.07) is 7.00. The summed E-state index contributed by atoms with van der Waals surface area (Å²) >= 11 is 0. The summed E-state index contributed by atoms with van der Waals surface area (Å²) in [5.41, 5.74) is 0.270. The molecule has 0 spiro atoms. The first-order valence-electron chi connectivity index (χ1n) is 6.99. The molecule has 0 radical (unpaired) electrons. The molecular weight excluding hydrogens is 272 g/mol. The van der Waals surface area contributed by atoms with E-state index in [-0.39, 0.29) is 18.4 Å². The van der Waals surface area contributed by atoms with E-state index in [1.807, 2.05) is 13.8 Å². The molecule has 2 aromatic rings. The second-order valence-electron chi connectivity index (χ2n) is 5.93. The van der Waals surface area contributed by atoms with E-state index in [0.29, 0.717) is 24.2 Å². The predicted octanol–water partition coefficient (Wildman–Crippen LogP) is 0.824. The number of nitrogens with zero attached hydrogens (tertiary/aromatic N) is 2. The van der Waals surface area contributed by atoms with Gasteiger partial charge in [-0.3, -0.25) is 9.36 Å². The lowest BCUT2D eigenvalue weighted by Gasteiger charge is -2.49. The Morgan fingerprint density at radius 2 is 2.05 bits per heavy atom. The fourth-order valence-electron chi connectivity index (χ4n) is 2.56. The van der Waals surface area contributed by atoms with Gasteiger partial charge in [-0.05, 0) is 18.1 Å². The van der Waals surface area contributed by atoms with Gasteiger partial charge in [0.25, 0.3) is 0 Å². The molecule has 1 fully saturated rings. The zero-order valence-corrected chi connectivity index (χ0v) is 12.1. The Hall–Kier alpha value is -2.08. The number of aromatic nitrogens is 1. The van der Waals surface area contributed by atoms with Crippen molar-refractivity contribution in [1.82, 2.24) is 9.47 Å². The standard InChI is InChI=1S/C15H18N2O4/c1-10(2)15(20)8-16(9-15)13(18)7-17-11-5-3-4-6-12(11)21-14(17)19/h3-6,10,20H,7-9H2,1-2H3. The molecule has 0 saturated carbocycles. The number of benzene rings is 1. The lowest BCUT2D eigenvalue weighted by molar-refractivity contribution is -0.164. The molecule has 112 valence electrons. The maximum atomic E-state index is 12.2. The van der Waals surface area contributed by atoms with Crippen molar-refractivity contribution in [3.63, 3.8) is 0 Å². The Morgan fingerprint density at radius 3 is 2.71 bits per heavy atom. The number of likely N-dealkylation sites (tertiary alicyclic amines) is 1. The van der Waals surface area contributed by atoms with E-state index in [9.17, 15) is 14.7 Å². The SMILES string of the molecule is CC(C)C1(O)CN(C(=O)Cn2c(=O)oc3ccccc32)C1. The minimum absolute atomic E-state index is 0.0655. The fourth-order valence-corrected chi connectivity index (χ4v) is 2.56. The lowest BCUT2D eigenvalue weighted by atomic mass is 9.83. The number of fused-ring (bicyclic) bond motifs is 1. The third-order valence-electron chi connectivity index (χ3n) is 4.22. The van der Waals surface area contributed by atoms with Crippen molar-refractivity contribution in [1.29, 1.82) is 0 Å². The van der Waals surface area contributed by atoms with Crippen LogP contribution >= 0.6 is 0 Å². The van der Waals surface area contributed by atoms with E-state index < -0.39 is 11.4 Å². The van der Waals surface area contributed by atoms with E-state index >= 15 is 0 Å². The van der Waals surface area contributed by atoms with Crippen LogP contribution in [-0.4, -0.2) is 39.2 Å². The number of para-hydroxylation sites is 2. The van der Waals surface area contributed by atoms with Crippen LogP contribution in [0.25, 0.3) is 11.1 Å². The number of aliphatic hydroxyl groups is 1. The topological polar surface area (TPSA) is 75.7 Å². The zero-order chi connectivity index (χ0) is 15.2. The van der Waals surface area contributed by atoms with Crippen molar-refractivity contribution in [3.05, 3.63) is 34.8 Å². The van der Waals surface area contributed by atoms with Gasteiger partial charge in [-0.15, -0.1) is 0 Å². The molecule has 0 atom stereocenters. The third kappa shape index (κ3) is 2.25. The van der Waals surface area contributed by atoms with Crippen LogP contribution in [0, 0.1) is 5.92 Å². The lowest BCUT2D eigenvalue weighted by Crippen LogP contribution is -2.66. The van der Waals surface area contributed by atoms with Crippen molar-refractivity contribution in [3.8, 4) is 0 Å². The normalized spacial score (nSPS) is 17.2. The van der Waals surface area contributed by atoms with E-state index in [1.165, 1.54) is 4.57 Å². The molecule has 1 aromatic carbocycles. The molecule has 1 amide bonds. The Bertz CT molecular complexity index is 737. The molecule has 1 aromatic heterocycles. The number of carbonyl (C=O) groups is 1. The summed E-state index contributed by atoms with van der Waals surface area (Å²) in [5.74, 6) is -0.628. The quantitative estimate of drug-likeness (QED) is 0.908. The Balaban J connectivity index is 1.77. The van der Waals surface area contributed by atoms with E-state index in [4.69, 9.17) is 4.42 Å². The van der Waals surface area contributed by atoms with Gasteiger partial charge in [0.15, 0.2) is 5.58 Å². The average molecular weight is 290 g/mol.